The fraction of sp³-hybridized carbons (Fsp3) is 0.364. The van der Waals surface area contributed by atoms with Crippen LogP contribution in [0.1, 0.15) is 52.9 Å². The molecule has 1 saturated carbocycles. The lowest BCUT2D eigenvalue weighted by atomic mass is 10.1. The van der Waals surface area contributed by atoms with E-state index in [0.717, 1.165) is 24.1 Å². The van der Waals surface area contributed by atoms with Crippen molar-refractivity contribution < 1.29 is 19.1 Å². The number of amides is 1. The number of carbonyl (C=O) groups is 2. The first-order chi connectivity index (χ1) is 14.8. The predicted octanol–water partition coefficient (Wildman–Crippen LogP) is 4.71. The van der Waals surface area contributed by atoms with E-state index in [4.69, 9.17) is 21.1 Å². The van der Waals surface area contributed by atoms with Crippen molar-refractivity contribution in [1.29, 1.82) is 5.26 Å². The summed E-state index contributed by atoms with van der Waals surface area (Å²) in [6.07, 6.45) is 2.70. The number of anilines is 1. The third-order valence-corrected chi connectivity index (χ3v) is 6.01. The highest BCUT2D eigenvalue weighted by molar-refractivity contribution is 7.98. The Morgan fingerprint density at radius 2 is 2.06 bits per heavy atom. The van der Waals surface area contributed by atoms with E-state index in [2.05, 4.69) is 10.3 Å². The first kappa shape index (κ1) is 22.9. The lowest BCUT2D eigenvalue weighted by Crippen LogP contribution is -2.30. The fourth-order valence-corrected chi connectivity index (χ4v) is 3.70. The molecule has 31 heavy (non-hydrogen) atoms. The second-order valence-corrected chi connectivity index (χ2v) is 8.41. The lowest BCUT2D eigenvalue weighted by Gasteiger charge is -2.17. The van der Waals surface area contributed by atoms with Crippen molar-refractivity contribution in [3.63, 3.8) is 0 Å². The number of nitrogens with one attached hydrogen (secondary N) is 1. The van der Waals surface area contributed by atoms with Gasteiger partial charge in [-0.05, 0) is 50.6 Å². The minimum absolute atomic E-state index is 0.128. The topological polar surface area (TPSA) is 101 Å². The van der Waals surface area contributed by atoms with Gasteiger partial charge < -0.3 is 14.8 Å². The van der Waals surface area contributed by atoms with E-state index in [1.165, 1.54) is 25.8 Å². The van der Waals surface area contributed by atoms with Crippen LogP contribution in [-0.4, -0.2) is 36.3 Å². The molecule has 9 heteroatoms. The van der Waals surface area contributed by atoms with Crippen LogP contribution in [0.15, 0.2) is 23.2 Å². The van der Waals surface area contributed by atoms with E-state index in [0.29, 0.717) is 27.4 Å². The number of nitriles is 1. The average Bonchev–Trinajstić information content (AvgIpc) is 3.60. The number of thioether (sulfide) groups is 1. The van der Waals surface area contributed by atoms with Crippen molar-refractivity contribution >= 4 is 40.9 Å². The number of halogens is 1. The van der Waals surface area contributed by atoms with Crippen molar-refractivity contribution in [2.75, 3.05) is 18.7 Å². The summed E-state index contributed by atoms with van der Waals surface area (Å²) in [4.78, 5) is 30.0. The van der Waals surface area contributed by atoms with Crippen LogP contribution in [0.2, 0.25) is 5.02 Å². The number of ether oxygens (including phenoxy) is 2. The number of esters is 1. The summed E-state index contributed by atoms with van der Waals surface area (Å²) in [7, 11) is 1.47. The zero-order chi connectivity index (χ0) is 22.7. The summed E-state index contributed by atoms with van der Waals surface area (Å²) < 4.78 is 10.6. The zero-order valence-electron chi connectivity index (χ0n) is 17.6. The minimum Gasteiger partial charge on any atom is -0.495 e. The Labute approximate surface area is 190 Å². The molecular formula is C22H22ClN3O4S. The molecule has 1 aliphatic carbocycles. The molecule has 0 spiro atoms. The first-order valence-electron chi connectivity index (χ1n) is 9.64. The van der Waals surface area contributed by atoms with E-state index in [9.17, 15) is 14.9 Å². The van der Waals surface area contributed by atoms with Gasteiger partial charge in [0, 0.05) is 22.7 Å². The van der Waals surface area contributed by atoms with E-state index in [1.54, 1.807) is 31.4 Å². The predicted molar refractivity (Wildman–Crippen MR) is 119 cm³/mol. The molecule has 162 valence electrons. The van der Waals surface area contributed by atoms with Gasteiger partial charge in [0.15, 0.2) is 6.10 Å². The summed E-state index contributed by atoms with van der Waals surface area (Å²) in [6.45, 7) is 3.27. The molecule has 0 bridgehead atoms. The maximum absolute atomic E-state index is 12.8. The van der Waals surface area contributed by atoms with Crippen LogP contribution in [0, 0.1) is 18.3 Å². The molecule has 1 amide bonds. The number of aryl methyl sites for hydroxylation is 1. The minimum atomic E-state index is -1.10. The van der Waals surface area contributed by atoms with Gasteiger partial charge in [0.2, 0.25) is 0 Å². The van der Waals surface area contributed by atoms with Crippen molar-refractivity contribution in [3.8, 4) is 11.8 Å². The normalized spacial score (nSPS) is 13.8. The maximum Gasteiger partial charge on any atom is 0.340 e. The van der Waals surface area contributed by atoms with E-state index in [-0.39, 0.29) is 11.1 Å². The van der Waals surface area contributed by atoms with Crippen LogP contribution in [0.25, 0.3) is 0 Å². The summed E-state index contributed by atoms with van der Waals surface area (Å²) in [5.74, 6) is -0.583. The second-order valence-electron chi connectivity index (χ2n) is 7.20. The van der Waals surface area contributed by atoms with Gasteiger partial charge in [0.25, 0.3) is 5.91 Å². The Morgan fingerprint density at radius 1 is 1.35 bits per heavy atom. The summed E-state index contributed by atoms with van der Waals surface area (Å²) in [5, 5.41) is 13.2. The summed E-state index contributed by atoms with van der Waals surface area (Å²) >= 11 is 7.40. The third-order valence-electron chi connectivity index (χ3n) is 4.92. The van der Waals surface area contributed by atoms with Gasteiger partial charge in [0.1, 0.15) is 16.8 Å². The quantitative estimate of drug-likeness (QED) is 0.472. The molecule has 1 fully saturated rings. The Bertz CT molecular complexity index is 1080. The first-order valence-corrected chi connectivity index (χ1v) is 11.2. The van der Waals surface area contributed by atoms with Crippen LogP contribution >= 0.6 is 23.4 Å². The van der Waals surface area contributed by atoms with Crippen LogP contribution in [-0.2, 0) is 9.53 Å². The van der Waals surface area contributed by atoms with E-state index in [1.807, 2.05) is 6.07 Å². The maximum atomic E-state index is 12.8. The van der Waals surface area contributed by atoms with Gasteiger partial charge >= 0.3 is 5.97 Å². The highest BCUT2D eigenvalue weighted by Gasteiger charge is 2.30. The van der Waals surface area contributed by atoms with Crippen LogP contribution in [0.3, 0.4) is 0 Å². The SMILES string of the molecule is COc1cc(Cl)c(C)cc1NC(=O)[C@@H](C)OC(=O)c1cc(C2CC2)nc(SC)c1C#N. The molecule has 0 saturated heterocycles. The van der Waals surface area contributed by atoms with Gasteiger partial charge in [-0.15, -0.1) is 11.8 Å². The van der Waals surface area contributed by atoms with Crippen molar-refractivity contribution in [1.82, 2.24) is 4.98 Å². The number of pyridine rings is 1. The van der Waals surface area contributed by atoms with Crippen LogP contribution < -0.4 is 10.1 Å². The highest BCUT2D eigenvalue weighted by atomic mass is 35.5. The van der Waals surface area contributed by atoms with Crippen LogP contribution in [0.5, 0.6) is 5.75 Å². The number of aromatic nitrogens is 1. The average molecular weight is 460 g/mol. The number of methoxy groups -OCH3 is 1. The van der Waals surface area contributed by atoms with Crippen molar-refractivity contribution in [3.05, 3.63) is 45.6 Å². The molecule has 1 atom stereocenters. The highest BCUT2D eigenvalue weighted by Crippen LogP contribution is 2.40. The van der Waals surface area contributed by atoms with E-state index >= 15 is 0 Å². The fourth-order valence-electron chi connectivity index (χ4n) is 2.99. The number of rotatable bonds is 7. The summed E-state index contributed by atoms with van der Waals surface area (Å²) in [5.41, 5.74) is 2.23. The molecule has 1 aromatic heterocycles. The third kappa shape index (κ3) is 5.12. The molecule has 0 unspecified atom stereocenters. The smallest absolute Gasteiger partial charge is 0.340 e. The second kappa shape index (κ2) is 9.58. The molecule has 3 rings (SSSR count). The Balaban J connectivity index is 1.79. The standard InChI is InChI=1S/C22H22ClN3O4S/c1-11-7-18(19(29-3)9-16(11)23)25-20(27)12(2)30-22(28)14-8-17(13-5-6-13)26-21(31-4)15(14)10-24/h7-9,12-13H,5-6H2,1-4H3,(H,25,27)/t12-/m1/s1. The number of hydrogen-bond donors (Lipinski definition) is 1. The van der Waals surface area contributed by atoms with Gasteiger partial charge in [-0.1, -0.05) is 11.6 Å². The zero-order valence-corrected chi connectivity index (χ0v) is 19.2. The molecular weight excluding hydrogens is 438 g/mol. The van der Waals surface area contributed by atoms with Gasteiger partial charge in [-0.3, -0.25) is 4.79 Å². The molecule has 1 N–H and O–H groups in total. The lowest BCUT2D eigenvalue weighted by molar-refractivity contribution is -0.123. The molecule has 0 aliphatic heterocycles. The monoisotopic (exact) mass is 459 g/mol. The molecule has 1 aliphatic rings. The Morgan fingerprint density at radius 3 is 2.65 bits per heavy atom. The van der Waals surface area contributed by atoms with Gasteiger partial charge in [-0.25, -0.2) is 9.78 Å². The van der Waals surface area contributed by atoms with Gasteiger partial charge in [-0.2, -0.15) is 5.26 Å². The number of carbonyl (C=O) groups excluding carboxylic acids is 2. The van der Waals surface area contributed by atoms with Gasteiger partial charge in [0.05, 0.1) is 23.9 Å². The Kier molecular flexibility index (Phi) is 7.08. The number of hydrogen-bond acceptors (Lipinski definition) is 7. The summed E-state index contributed by atoms with van der Waals surface area (Å²) in [6, 6.07) is 6.92. The molecule has 2 aromatic rings. The molecule has 1 heterocycles. The molecule has 0 radical (unpaired) electrons. The van der Waals surface area contributed by atoms with E-state index < -0.39 is 18.0 Å². The number of nitrogens with zero attached hydrogens (tertiary/aromatic N) is 2. The van der Waals surface area contributed by atoms with Crippen molar-refractivity contribution in [2.24, 2.45) is 0 Å². The number of benzene rings is 1. The largest absolute Gasteiger partial charge is 0.495 e. The van der Waals surface area contributed by atoms with Crippen LogP contribution in [0.4, 0.5) is 5.69 Å². The Hall–Kier alpha value is -2.76. The molecule has 7 nitrogen and oxygen atoms in total. The molecule has 1 aromatic carbocycles. The van der Waals surface area contributed by atoms with Crippen molar-refractivity contribution in [2.45, 2.75) is 43.7 Å².